The molecule has 0 spiro atoms. The molecule has 1 rings (SSSR count). The smallest absolute Gasteiger partial charge is 0.0110 e. The van der Waals surface area contributed by atoms with Crippen LogP contribution < -0.4 is 0 Å². The van der Waals surface area contributed by atoms with Gasteiger partial charge in [0.25, 0.3) is 0 Å². The van der Waals surface area contributed by atoms with Gasteiger partial charge in [-0.2, -0.15) is 0 Å². The number of unbranched alkanes of at least 4 members (excludes halogenated alkanes) is 1. The first kappa shape index (κ1) is 35.2. The van der Waals surface area contributed by atoms with Gasteiger partial charge in [0.15, 0.2) is 0 Å². The molecule has 2 atom stereocenters. The van der Waals surface area contributed by atoms with E-state index < -0.39 is 0 Å². The highest BCUT2D eigenvalue weighted by molar-refractivity contribution is 5.22. The minimum absolute atomic E-state index is 0.255. The molecule has 37 heavy (non-hydrogen) atoms. The Kier molecular flexibility index (Phi) is 17.5. The van der Waals surface area contributed by atoms with Crippen LogP contribution in [-0.2, 0) is 0 Å². The Morgan fingerprint density at radius 3 is 1.73 bits per heavy atom. The lowest BCUT2D eigenvalue weighted by molar-refractivity contribution is 0.179. The third-order valence-corrected chi connectivity index (χ3v) is 7.64. The predicted octanol–water partition coefficient (Wildman–Crippen LogP) is 12.5. The highest BCUT2D eigenvalue weighted by atomic mass is 14.4. The van der Waals surface area contributed by atoms with Crippen LogP contribution in [0.15, 0.2) is 79.4 Å². The van der Waals surface area contributed by atoms with Gasteiger partial charge in [-0.1, -0.05) is 142 Å². The van der Waals surface area contributed by atoms with Crippen molar-refractivity contribution in [1.29, 1.82) is 0 Å². The Hall–Kier alpha value is -1.82. The molecule has 1 aromatic carbocycles. The Labute approximate surface area is 233 Å². The molecule has 0 saturated heterocycles. The van der Waals surface area contributed by atoms with E-state index in [-0.39, 0.29) is 16.2 Å². The predicted molar refractivity (Wildman–Crippen MR) is 171 cm³/mol. The number of rotatable bonds is 16. The van der Waals surface area contributed by atoms with Gasteiger partial charge >= 0.3 is 0 Å². The first-order valence-electron chi connectivity index (χ1n) is 15.0. The standard InChI is InChI=1S/C34H54.C3H8/c1-10-13-26-33(6,7)30(11-2)28-32(4,5)25-21-16-14-15-17-22-27-34(8,9)31(12-3)29-23-19-18-20-24-29;1-3-2/h10-11,13,16-24,30-31H,2,12,14-15,25-28H2,1,3-9H3;3H2,1-2H3/b13-10+,21-16+,22-17+;. The molecule has 0 nitrogen and oxygen atoms in total. The average Bonchev–Trinajstić information content (AvgIpc) is 2.84. The zero-order chi connectivity index (χ0) is 28.4. The van der Waals surface area contributed by atoms with E-state index in [2.05, 4.69) is 149 Å². The lowest BCUT2D eigenvalue weighted by Crippen LogP contribution is -2.27. The van der Waals surface area contributed by atoms with E-state index in [9.17, 15) is 0 Å². The van der Waals surface area contributed by atoms with E-state index in [0.717, 1.165) is 32.1 Å². The topological polar surface area (TPSA) is 0 Å². The van der Waals surface area contributed by atoms with Gasteiger partial charge in [-0.15, -0.1) is 6.58 Å². The number of hydrogen-bond acceptors (Lipinski definition) is 0. The maximum Gasteiger partial charge on any atom is -0.0110 e. The van der Waals surface area contributed by atoms with Crippen LogP contribution in [0, 0.1) is 22.2 Å². The van der Waals surface area contributed by atoms with Crippen LogP contribution in [0.2, 0.25) is 0 Å². The Bertz CT molecular complexity index is 785. The summed E-state index contributed by atoms with van der Waals surface area (Å²) in [5, 5.41) is 0. The fourth-order valence-corrected chi connectivity index (χ4v) is 5.21. The van der Waals surface area contributed by atoms with Gasteiger partial charge in [0.2, 0.25) is 0 Å². The molecule has 1 aromatic rings. The molecule has 0 radical (unpaired) electrons. The summed E-state index contributed by atoms with van der Waals surface area (Å²) in [6.07, 6.45) is 25.4. The zero-order valence-electron chi connectivity index (χ0n) is 26.4. The van der Waals surface area contributed by atoms with Crippen LogP contribution in [0.4, 0.5) is 0 Å². The summed E-state index contributed by atoms with van der Waals surface area (Å²) in [7, 11) is 0. The fourth-order valence-electron chi connectivity index (χ4n) is 5.21. The molecule has 0 aromatic heterocycles. The molecule has 0 bridgehead atoms. The van der Waals surface area contributed by atoms with Crippen LogP contribution in [0.3, 0.4) is 0 Å². The number of benzene rings is 1. The van der Waals surface area contributed by atoms with Crippen LogP contribution in [0.5, 0.6) is 0 Å². The van der Waals surface area contributed by atoms with Gasteiger partial charge in [-0.05, 0) is 85.5 Å². The van der Waals surface area contributed by atoms with Crippen molar-refractivity contribution in [3.8, 4) is 0 Å². The molecular weight excluding hydrogens is 444 g/mol. The van der Waals surface area contributed by atoms with E-state index in [1.54, 1.807) is 0 Å². The molecule has 0 fully saturated rings. The molecule has 0 N–H and O–H groups in total. The van der Waals surface area contributed by atoms with Gasteiger partial charge in [0, 0.05) is 0 Å². The lowest BCUT2D eigenvalue weighted by atomic mass is 9.68. The van der Waals surface area contributed by atoms with Crippen molar-refractivity contribution >= 4 is 0 Å². The van der Waals surface area contributed by atoms with Crippen molar-refractivity contribution in [2.75, 3.05) is 0 Å². The normalized spacial score (nSPS) is 14.6. The van der Waals surface area contributed by atoms with E-state index in [0.29, 0.717) is 11.8 Å². The highest BCUT2D eigenvalue weighted by Gasteiger charge is 2.31. The molecule has 210 valence electrons. The molecule has 0 aliphatic heterocycles. The van der Waals surface area contributed by atoms with Crippen LogP contribution in [-0.4, -0.2) is 0 Å². The monoisotopic (exact) mass is 506 g/mol. The summed E-state index contributed by atoms with van der Waals surface area (Å²) < 4.78 is 0. The first-order chi connectivity index (χ1) is 17.4. The Morgan fingerprint density at radius 1 is 0.730 bits per heavy atom. The third-order valence-electron chi connectivity index (χ3n) is 7.64. The summed E-state index contributed by atoms with van der Waals surface area (Å²) in [6.45, 7) is 27.2. The zero-order valence-corrected chi connectivity index (χ0v) is 26.4. The minimum Gasteiger partial charge on any atom is -0.103 e. The highest BCUT2D eigenvalue weighted by Crippen LogP contribution is 2.42. The van der Waals surface area contributed by atoms with Crippen LogP contribution in [0.1, 0.15) is 132 Å². The summed E-state index contributed by atoms with van der Waals surface area (Å²) in [4.78, 5) is 0. The molecule has 0 amide bonds. The van der Waals surface area contributed by atoms with E-state index >= 15 is 0 Å². The van der Waals surface area contributed by atoms with Gasteiger partial charge in [-0.3, -0.25) is 0 Å². The van der Waals surface area contributed by atoms with Crippen molar-refractivity contribution < 1.29 is 0 Å². The van der Waals surface area contributed by atoms with Gasteiger partial charge < -0.3 is 0 Å². The van der Waals surface area contributed by atoms with Crippen molar-refractivity contribution in [3.63, 3.8) is 0 Å². The minimum atomic E-state index is 0.255. The van der Waals surface area contributed by atoms with Crippen molar-refractivity contribution in [1.82, 2.24) is 0 Å². The second-order valence-electron chi connectivity index (χ2n) is 13.0. The van der Waals surface area contributed by atoms with Crippen LogP contribution >= 0.6 is 0 Å². The van der Waals surface area contributed by atoms with Gasteiger partial charge in [0.1, 0.15) is 0 Å². The number of allylic oxidation sites excluding steroid dienone is 7. The first-order valence-corrected chi connectivity index (χ1v) is 15.0. The van der Waals surface area contributed by atoms with E-state index in [1.807, 2.05) is 0 Å². The fraction of sp³-hybridized carbons (Fsp3) is 0.622. The molecule has 0 heteroatoms. The third kappa shape index (κ3) is 14.6. The largest absolute Gasteiger partial charge is 0.103 e. The van der Waals surface area contributed by atoms with Crippen molar-refractivity contribution in [2.24, 2.45) is 22.2 Å². The maximum absolute atomic E-state index is 4.16. The number of hydrogen-bond donors (Lipinski definition) is 0. The molecule has 0 heterocycles. The summed E-state index contributed by atoms with van der Waals surface area (Å²) >= 11 is 0. The molecule has 0 aliphatic carbocycles. The molecule has 0 saturated carbocycles. The van der Waals surface area contributed by atoms with E-state index in [4.69, 9.17) is 0 Å². The second-order valence-corrected chi connectivity index (χ2v) is 13.0. The maximum atomic E-state index is 4.16. The van der Waals surface area contributed by atoms with Crippen LogP contribution in [0.25, 0.3) is 0 Å². The van der Waals surface area contributed by atoms with Crippen molar-refractivity contribution in [2.45, 2.75) is 127 Å². The van der Waals surface area contributed by atoms with E-state index in [1.165, 1.54) is 24.8 Å². The SMILES string of the molecule is C=CC(CC(C)(C)C/C=C/CC/C=C/CC(C)(C)C(CC)c1ccccc1)C(C)(C)C/C=C/C.CCC. The quantitative estimate of drug-likeness (QED) is 0.154. The summed E-state index contributed by atoms with van der Waals surface area (Å²) in [5.74, 6) is 1.13. The summed E-state index contributed by atoms with van der Waals surface area (Å²) in [6, 6.07) is 11.0. The van der Waals surface area contributed by atoms with Gasteiger partial charge in [-0.25, -0.2) is 0 Å². The van der Waals surface area contributed by atoms with Gasteiger partial charge in [0.05, 0.1) is 0 Å². The Balaban J connectivity index is 0.00000410. The Morgan fingerprint density at radius 2 is 1.24 bits per heavy atom. The molecule has 2 unspecified atom stereocenters. The molecule has 0 aliphatic rings. The van der Waals surface area contributed by atoms with Crippen molar-refractivity contribution in [3.05, 3.63) is 85.0 Å². The average molecular weight is 507 g/mol. The second kappa shape index (κ2) is 18.4. The lowest BCUT2D eigenvalue weighted by Gasteiger charge is -2.37. The molecular formula is C37H62. The summed E-state index contributed by atoms with van der Waals surface area (Å²) in [5.41, 5.74) is 2.28.